The molecule has 0 amide bonds. The van der Waals surface area contributed by atoms with Crippen LogP contribution in [0, 0.1) is 17.3 Å². The van der Waals surface area contributed by atoms with E-state index in [4.69, 9.17) is 4.74 Å². The van der Waals surface area contributed by atoms with Crippen LogP contribution < -0.4 is 5.32 Å². The van der Waals surface area contributed by atoms with Crippen molar-refractivity contribution in [1.82, 2.24) is 5.32 Å². The molecule has 0 aromatic heterocycles. The summed E-state index contributed by atoms with van der Waals surface area (Å²) in [7, 11) is 0. The van der Waals surface area contributed by atoms with Gasteiger partial charge in [-0.3, -0.25) is 0 Å². The van der Waals surface area contributed by atoms with Gasteiger partial charge in [-0.2, -0.15) is 0 Å². The highest BCUT2D eigenvalue weighted by atomic mass is 16.5. The zero-order chi connectivity index (χ0) is 14.6. The molecule has 0 aromatic carbocycles. The SMILES string of the molecule is CCOC1CC(NCC2CCC(CC)CC2)C1(C)CC. The first-order valence-corrected chi connectivity index (χ1v) is 8.98. The Hall–Kier alpha value is -0.0800. The van der Waals surface area contributed by atoms with Gasteiger partial charge in [0.2, 0.25) is 0 Å². The first kappa shape index (κ1) is 16.3. The average Bonchev–Trinajstić information content (AvgIpc) is 2.49. The van der Waals surface area contributed by atoms with E-state index >= 15 is 0 Å². The van der Waals surface area contributed by atoms with E-state index in [1.54, 1.807) is 0 Å². The van der Waals surface area contributed by atoms with Gasteiger partial charge in [0.05, 0.1) is 6.10 Å². The van der Waals surface area contributed by atoms with Gasteiger partial charge in [-0.25, -0.2) is 0 Å². The van der Waals surface area contributed by atoms with Crippen LogP contribution in [-0.2, 0) is 4.74 Å². The number of ether oxygens (including phenoxy) is 1. The maximum Gasteiger partial charge on any atom is 0.0658 e. The molecule has 2 saturated carbocycles. The first-order valence-electron chi connectivity index (χ1n) is 8.98. The Morgan fingerprint density at radius 3 is 2.25 bits per heavy atom. The summed E-state index contributed by atoms with van der Waals surface area (Å²) < 4.78 is 5.89. The molecule has 2 nitrogen and oxygen atoms in total. The molecule has 20 heavy (non-hydrogen) atoms. The number of rotatable bonds is 7. The van der Waals surface area contributed by atoms with Crippen LogP contribution in [0.2, 0.25) is 0 Å². The zero-order valence-electron chi connectivity index (χ0n) is 14.1. The quantitative estimate of drug-likeness (QED) is 0.747. The summed E-state index contributed by atoms with van der Waals surface area (Å²) in [5.41, 5.74) is 0.358. The maximum absolute atomic E-state index is 5.89. The zero-order valence-corrected chi connectivity index (χ0v) is 14.1. The van der Waals surface area contributed by atoms with Crippen molar-refractivity contribution >= 4 is 0 Å². The maximum atomic E-state index is 5.89. The molecule has 1 N–H and O–H groups in total. The molecule has 0 radical (unpaired) electrons. The molecule has 2 aliphatic rings. The van der Waals surface area contributed by atoms with E-state index in [-0.39, 0.29) is 0 Å². The van der Waals surface area contributed by atoms with Crippen molar-refractivity contribution in [1.29, 1.82) is 0 Å². The van der Waals surface area contributed by atoms with Crippen LogP contribution in [-0.4, -0.2) is 25.3 Å². The van der Waals surface area contributed by atoms with E-state index < -0.39 is 0 Å². The Balaban J connectivity index is 1.72. The molecule has 0 saturated heterocycles. The minimum absolute atomic E-state index is 0.358. The van der Waals surface area contributed by atoms with E-state index in [9.17, 15) is 0 Å². The molecule has 2 fully saturated rings. The van der Waals surface area contributed by atoms with Crippen molar-refractivity contribution in [2.45, 2.75) is 84.8 Å². The third-order valence-electron chi connectivity index (χ3n) is 6.31. The van der Waals surface area contributed by atoms with Crippen LogP contribution >= 0.6 is 0 Å². The van der Waals surface area contributed by atoms with Gasteiger partial charge in [0.15, 0.2) is 0 Å². The summed E-state index contributed by atoms with van der Waals surface area (Å²) in [6.45, 7) is 11.3. The van der Waals surface area contributed by atoms with Crippen molar-refractivity contribution in [2.24, 2.45) is 17.3 Å². The van der Waals surface area contributed by atoms with Gasteiger partial charge in [-0.15, -0.1) is 0 Å². The third-order valence-corrected chi connectivity index (χ3v) is 6.31. The van der Waals surface area contributed by atoms with Gasteiger partial charge in [-0.1, -0.05) is 40.0 Å². The Bertz CT molecular complexity index is 285. The van der Waals surface area contributed by atoms with Gasteiger partial charge in [0.1, 0.15) is 0 Å². The second kappa shape index (κ2) is 7.26. The van der Waals surface area contributed by atoms with Gasteiger partial charge in [0.25, 0.3) is 0 Å². The number of hydrogen-bond acceptors (Lipinski definition) is 2. The minimum Gasteiger partial charge on any atom is -0.378 e. The van der Waals surface area contributed by atoms with E-state index in [2.05, 4.69) is 33.0 Å². The molecule has 0 aromatic rings. The molecular formula is C18H35NO. The minimum atomic E-state index is 0.358. The first-order chi connectivity index (χ1) is 9.63. The number of hydrogen-bond donors (Lipinski definition) is 1. The molecule has 3 atom stereocenters. The molecule has 3 unspecified atom stereocenters. The van der Waals surface area contributed by atoms with Crippen molar-refractivity contribution in [2.75, 3.05) is 13.2 Å². The molecular weight excluding hydrogens is 246 g/mol. The monoisotopic (exact) mass is 281 g/mol. The third kappa shape index (κ3) is 3.39. The smallest absolute Gasteiger partial charge is 0.0658 e. The van der Waals surface area contributed by atoms with Crippen LogP contribution in [0.3, 0.4) is 0 Å². The van der Waals surface area contributed by atoms with Crippen LogP contribution in [0.15, 0.2) is 0 Å². The largest absolute Gasteiger partial charge is 0.378 e. The van der Waals surface area contributed by atoms with Gasteiger partial charge in [-0.05, 0) is 51.0 Å². The van der Waals surface area contributed by atoms with Crippen LogP contribution in [0.4, 0.5) is 0 Å². The molecule has 0 bridgehead atoms. The molecule has 2 heteroatoms. The average molecular weight is 281 g/mol. The van der Waals surface area contributed by atoms with E-state index in [1.807, 2.05) is 0 Å². The van der Waals surface area contributed by atoms with Gasteiger partial charge < -0.3 is 10.1 Å². The highest BCUT2D eigenvalue weighted by molar-refractivity contribution is 5.04. The molecule has 118 valence electrons. The summed E-state index contributed by atoms with van der Waals surface area (Å²) in [5.74, 6) is 1.93. The lowest BCUT2D eigenvalue weighted by Gasteiger charge is -2.54. The standard InChI is InChI=1S/C18H35NO/c1-5-14-8-10-15(11-9-14)13-19-16-12-17(20-7-3)18(16,4)6-2/h14-17,19H,5-13H2,1-4H3. The highest BCUT2D eigenvalue weighted by Gasteiger charge is 2.50. The molecule has 0 aliphatic heterocycles. The summed E-state index contributed by atoms with van der Waals surface area (Å²) in [5, 5.41) is 3.87. The second-order valence-electron chi connectivity index (χ2n) is 7.29. The fraction of sp³-hybridized carbons (Fsp3) is 1.00. The van der Waals surface area contributed by atoms with Crippen molar-refractivity contribution < 1.29 is 4.74 Å². The predicted molar refractivity (Wildman–Crippen MR) is 86.0 cm³/mol. The van der Waals surface area contributed by atoms with Crippen LogP contribution in [0.5, 0.6) is 0 Å². The lowest BCUT2D eigenvalue weighted by atomic mass is 9.61. The van der Waals surface area contributed by atoms with Gasteiger partial charge in [0, 0.05) is 18.1 Å². The molecule has 2 rings (SSSR count). The number of nitrogens with one attached hydrogen (secondary N) is 1. The van der Waals surface area contributed by atoms with E-state index in [0.717, 1.165) is 18.4 Å². The van der Waals surface area contributed by atoms with Crippen molar-refractivity contribution in [3.8, 4) is 0 Å². The fourth-order valence-corrected chi connectivity index (χ4v) is 4.22. The van der Waals surface area contributed by atoms with Crippen LogP contribution in [0.25, 0.3) is 0 Å². The lowest BCUT2D eigenvalue weighted by Crippen LogP contribution is -2.62. The molecule has 2 aliphatic carbocycles. The Labute approximate surface area is 126 Å². The van der Waals surface area contributed by atoms with Crippen LogP contribution in [0.1, 0.15) is 72.6 Å². The highest BCUT2D eigenvalue weighted by Crippen LogP contribution is 2.46. The Kier molecular flexibility index (Phi) is 5.92. The summed E-state index contributed by atoms with van der Waals surface area (Å²) in [6.07, 6.45) is 10.1. The van der Waals surface area contributed by atoms with Gasteiger partial charge >= 0.3 is 0 Å². The fourth-order valence-electron chi connectivity index (χ4n) is 4.22. The molecule has 0 spiro atoms. The second-order valence-corrected chi connectivity index (χ2v) is 7.29. The predicted octanol–water partition coefficient (Wildman–Crippen LogP) is 4.39. The van der Waals surface area contributed by atoms with Crippen molar-refractivity contribution in [3.05, 3.63) is 0 Å². The normalized spacial score (nSPS) is 41.4. The Morgan fingerprint density at radius 1 is 1.05 bits per heavy atom. The lowest BCUT2D eigenvalue weighted by molar-refractivity contribution is -0.126. The summed E-state index contributed by atoms with van der Waals surface area (Å²) in [4.78, 5) is 0. The topological polar surface area (TPSA) is 21.3 Å². The summed E-state index contributed by atoms with van der Waals surface area (Å²) >= 11 is 0. The summed E-state index contributed by atoms with van der Waals surface area (Å²) in [6, 6.07) is 0.674. The van der Waals surface area contributed by atoms with E-state index in [1.165, 1.54) is 51.5 Å². The van der Waals surface area contributed by atoms with E-state index in [0.29, 0.717) is 17.6 Å². The molecule has 0 heterocycles. The van der Waals surface area contributed by atoms with Crippen molar-refractivity contribution in [3.63, 3.8) is 0 Å². The Morgan fingerprint density at radius 2 is 1.70 bits per heavy atom.